The smallest absolute Gasteiger partial charge is 0.317 e. The number of nitrogens with zero attached hydrogens (tertiary/aromatic N) is 1. The van der Waals surface area contributed by atoms with Crippen LogP contribution in [-0.2, 0) is 11.3 Å². The first-order valence-electron chi connectivity index (χ1n) is 12.6. The van der Waals surface area contributed by atoms with Gasteiger partial charge in [0.1, 0.15) is 11.5 Å². The van der Waals surface area contributed by atoms with Crippen LogP contribution in [0.25, 0.3) is 0 Å². The number of nitrogens with one attached hydrogen (secondary N) is 2. The monoisotopic (exact) mass is 455 g/mol. The standard InChI is InChI=1S/C26H37N3O4/c1-32-20-5-3-19(24(14-20)33-2)15-27-26(31)29-9-7-17(8-10-29)25(30)28-23-6-4-18-11-16-12-21(18)22(23)13-16/h3,5,14,16-18,21-23H,4,6-13,15H2,1-2H3,(H,27,31)(H,28,30). The Morgan fingerprint density at radius 3 is 2.52 bits per heavy atom. The van der Waals surface area contributed by atoms with Gasteiger partial charge in [0.2, 0.25) is 5.91 Å². The summed E-state index contributed by atoms with van der Waals surface area (Å²) in [4.78, 5) is 27.5. The van der Waals surface area contributed by atoms with Crippen molar-refractivity contribution in [2.24, 2.45) is 29.6 Å². The summed E-state index contributed by atoms with van der Waals surface area (Å²) >= 11 is 0. The van der Waals surface area contributed by atoms with Crippen LogP contribution in [0, 0.1) is 29.6 Å². The van der Waals surface area contributed by atoms with Crippen LogP contribution in [0.1, 0.15) is 50.5 Å². The minimum Gasteiger partial charge on any atom is -0.497 e. The van der Waals surface area contributed by atoms with E-state index in [2.05, 4.69) is 10.6 Å². The number of urea groups is 1. The van der Waals surface area contributed by atoms with Crippen molar-refractivity contribution in [2.45, 2.75) is 57.5 Å². The van der Waals surface area contributed by atoms with Crippen molar-refractivity contribution in [2.75, 3.05) is 27.3 Å². The molecule has 0 aromatic heterocycles. The minimum atomic E-state index is -0.0907. The maximum atomic E-state index is 13.0. The summed E-state index contributed by atoms with van der Waals surface area (Å²) in [6.45, 7) is 1.62. The van der Waals surface area contributed by atoms with Crippen LogP contribution in [0.5, 0.6) is 11.5 Å². The molecule has 1 aromatic carbocycles. The molecule has 5 rings (SSSR count). The van der Waals surface area contributed by atoms with Crippen molar-refractivity contribution in [1.82, 2.24) is 15.5 Å². The number of piperidine rings is 1. The van der Waals surface area contributed by atoms with E-state index in [1.165, 1.54) is 25.7 Å². The summed E-state index contributed by atoms with van der Waals surface area (Å²) in [7, 11) is 3.22. The number of fused-ring (bicyclic) bond motifs is 1. The van der Waals surface area contributed by atoms with Crippen molar-refractivity contribution in [3.63, 3.8) is 0 Å². The highest BCUT2D eigenvalue weighted by Gasteiger charge is 2.51. The molecule has 3 aliphatic carbocycles. The van der Waals surface area contributed by atoms with Gasteiger partial charge in [0.05, 0.1) is 14.2 Å². The summed E-state index contributed by atoms with van der Waals surface area (Å²) in [6, 6.07) is 5.86. The number of methoxy groups -OCH3 is 2. The fourth-order valence-corrected chi connectivity index (χ4v) is 7.06. The van der Waals surface area contributed by atoms with Gasteiger partial charge in [-0.3, -0.25) is 4.79 Å². The second kappa shape index (κ2) is 9.43. The third-order valence-corrected chi connectivity index (χ3v) is 8.77. The Bertz CT molecular complexity index is 882. The van der Waals surface area contributed by atoms with Gasteiger partial charge in [-0.05, 0) is 80.8 Å². The zero-order chi connectivity index (χ0) is 22.9. The highest BCUT2D eigenvalue weighted by atomic mass is 16.5. The fourth-order valence-electron chi connectivity index (χ4n) is 7.06. The van der Waals surface area contributed by atoms with E-state index in [1.807, 2.05) is 23.1 Å². The first-order valence-corrected chi connectivity index (χ1v) is 12.6. The highest BCUT2D eigenvalue weighted by molar-refractivity contribution is 5.80. The summed E-state index contributed by atoms with van der Waals surface area (Å²) in [5.74, 6) is 5.07. The van der Waals surface area contributed by atoms with Crippen LogP contribution in [0.4, 0.5) is 4.79 Å². The lowest BCUT2D eigenvalue weighted by Gasteiger charge is -2.42. The molecule has 1 saturated heterocycles. The van der Waals surface area contributed by atoms with Gasteiger partial charge in [0, 0.05) is 43.2 Å². The third-order valence-electron chi connectivity index (χ3n) is 8.77. The second-order valence-electron chi connectivity index (χ2n) is 10.5. The molecular weight excluding hydrogens is 418 g/mol. The number of hydrogen-bond acceptors (Lipinski definition) is 4. The number of benzene rings is 1. The number of hydrogen-bond donors (Lipinski definition) is 2. The molecule has 1 aliphatic heterocycles. The van der Waals surface area contributed by atoms with Crippen molar-refractivity contribution < 1.29 is 19.1 Å². The molecule has 3 amide bonds. The van der Waals surface area contributed by atoms with E-state index in [0.717, 1.165) is 48.3 Å². The Morgan fingerprint density at radius 1 is 1.00 bits per heavy atom. The summed E-state index contributed by atoms with van der Waals surface area (Å²) in [5, 5.41) is 6.42. The first kappa shape index (κ1) is 22.4. The first-order chi connectivity index (χ1) is 16.1. The zero-order valence-corrected chi connectivity index (χ0v) is 19.8. The summed E-state index contributed by atoms with van der Waals surface area (Å²) in [6.07, 6.45) is 8.07. The van der Waals surface area contributed by atoms with Gasteiger partial charge >= 0.3 is 6.03 Å². The van der Waals surface area contributed by atoms with Gasteiger partial charge in [-0.15, -0.1) is 0 Å². The topological polar surface area (TPSA) is 79.9 Å². The number of ether oxygens (including phenoxy) is 2. The largest absolute Gasteiger partial charge is 0.497 e. The van der Waals surface area contributed by atoms with Crippen LogP contribution in [0.3, 0.4) is 0 Å². The van der Waals surface area contributed by atoms with E-state index in [-0.39, 0.29) is 17.9 Å². The van der Waals surface area contributed by atoms with Crippen LogP contribution in [0.15, 0.2) is 18.2 Å². The molecule has 33 heavy (non-hydrogen) atoms. The van der Waals surface area contributed by atoms with Gasteiger partial charge in [-0.25, -0.2) is 4.79 Å². The lowest BCUT2D eigenvalue weighted by atomic mass is 9.68. The Labute approximate surface area is 196 Å². The molecule has 3 saturated carbocycles. The van der Waals surface area contributed by atoms with Gasteiger partial charge in [0.25, 0.3) is 0 Å². The average molecular weight is 456 g/mol. The Kier molecular flexibility index (Phi) is 6.39. The molecule has 180 valence electrons. The number of carbonyl (C=O) groups is 2. The van der Waals surface area contributed by atoms with Crippen molar-refractivity contribution in [1.29, 1.82) is 0 Å². The predicted molar refractivity (Wildman–Crippen MR) is 125 cm³/mol. The third kappa shape index (κ3) is 4.51. The van der Waals surface area contributed by atoms with Gasteiger partial charge < -0.3 is 25.0 Å². The predicted octanol–water partition coefficient (Wildman–Crippen LogP) is 3.57. The lowest BCUT2D eigenvalue weighted by molar-refractivity contribution is -0.128. The average Bonchev–Trinajstić information content (AvgIpc) is 3.46. The maximum absolute atomic E-state index is 13.0. The molecule has 5 unspecified atom stereocenters. The van der Waals surface area contributed by atoms with Crippen LogP contribution < -0.4 is 20.1 Å². The maximum Gasteiger partial charge on any atom is 0.317 e. The summed E-state index contributed by atoms with van der Waals surface area (Å²) in [5.41, 5.74) is 0.899. The number of carbonyl (C=O) groups excluding carboxylic acids is 2. The van der Waals surface area contributed by atoms with Gasteiger partial charge in [0.15, 0.2) is 0 Å². The second-order valence-corrected chi connectivity index (χ2v) is 10.5. The molecule has 2 bridgehead atoms. The van der Waals surface area contributed by atoms with Crippen LogP contribution in [0.2, 0.25) is 0 Å². The number of rotatable bonds is 6. The quantitative estimate of drug-likeness (QED) is 0.687. The SMILES string of the molecule is COc1ccc(CNC(=O)N2CCC(C(=O)NC3CCC4CC5CC4C3C5)CC2)c(OC)c1. The van der Waals surface area contributed by atoms with E-state index >= 15 is 0 Å². The van der Waals surface area contributed by atoms with Gasteiger partial charge in [-0.2, -0.15) is 0 Å². The van der Waals surface area contributed by atoms with E-state index in [0.29, 0.717) is 37.3 Å². The lowest BCUT2D eigenvalue weighted by Crippen LogP contribution is -2.51. The molecule has 5 atom stereocenters. The van der Waals surface area contributed by atoms with Gasteiger partial charge in [-0.1, -0.05) is 0 Å². The molecule has 4 fully saturated rings. The normalized spacial score (nSPS) is 30.7. The Balaban J connectivity index is 1.08. The Hall–Kier alpha value is -2.44. The van der Waals surface area contributed by atoms with Crippen molar-refractivity contribution in [3.8, 4) is 11.5 Å². The number of likely N-dealkylation sites (tertiary alicyclic amines) is 1. The fraction of sp³-hybridized carbons (Fsp3) is 0.692. The highest BCUT2D eigenvalue weighted by Crippen LogP contribution is 2.57. The minimum absolute atomic E-state index is 0.0204. The van der Waals surface area contributed by atoms with Crippen molar-refractivity contribution >= 4 is 11.9 Å². The molecule has 0 spiro atoms. The number of amides is 3. The molecule has 1 heterocycles. The molecule has 7 nitrogen and oxygen atoms in total. The van der Waals surface area contributed by atoms with Crippen LogP contribution >= 0.6 is 0 Å². The van der Waals surface area contributed by atoms with E-state index < -0.39 is 0 Å². The van der Waals surface area contributed by atoms with Crippen molar-refractivity contribution in [3.05, 3.63) is 23.8 Å². The van der Waals surface area contributed by atoms with E-state index in [1.54, 1.807) is 14.2 Å². The Morgan fingerprint density at radius 2 is 1.79 bits per heavy atom. The zero-order valence-electron chi connectivity index (χ0n) is 19.8. The molecule has 0 radical (unpaired) electrons. The molecule has 4 aliphatic rings. The van der Waals surface area contributed by atoms with E-state index in [9.17, 15) is 9.59 Å². The molecule has 2 N–H and O–H groups in total. The van der Waals surface area contributed by atoms with E-state index in [4.69, 9.17) is 9.47 Å². The summed E-state index contributed by atoms with van der Waals surface area (Å²) < 4.78 is 10.6. The van der Waals surface area contributed by atoms with Crippen LogP contribution in [-0.4, -0.2) is 50.2 Å². The molecule has 7 heteroatoms. The molecular formula is C26H37N3O4. The molecule has 1 aromatic rings.